The van der Waals surface area contributed by atoms with E-state index >= 15 is 0 Å². The van der Waals surface area contributed by atoms with E-state index in [4.69, 9.17) is 4.74 Å². The molecule has 0 aliphatic carbocycles. The van der Waals surface area contributed by atoms with Crippen molar-refractivity contribution in [2.75, 3.05) is 13.7 Å². The Morgan fingerprint density at radius 3 is 1.94 bits per heavy atom. The Bertz CT molecular complexity index is 668. The van der Waals surface area contributed by atoms with E-state index in [2.05, 4.69) is 10.6 Å². The van der Waals surface area contributed by atoms with E-state index in [0.717, 1.165) is 6.42 Å². The van der Waals surface area contributed by atoms with Gasteiger partial charge in [-0.1, -0.05) is 54.0 Å². The van der Waals surface area contributed by atoms with Crippen LogP contribution in [0.3, 0.4) is 0 Å². The molecule has 0 bridgehead atoms. The SMILES string of the molecule is CCOC(=O)C(C)=C[C@H](C(C)C)N(C)C(=O)C(NC(=O)C(CC)(CC)NC(C)C)[C@@H](C)CC. The lowest BCUT2D eigenvalue weighted by Gasteiger charge is -2.38. The summed E-state index contributed by atoms with van der Waals surface area (Å²) >= 11 is 0. The van der Waals surface area contributed by atoms with Crippen LogP contribution in [0.2, 0.25) is 0 Å². The summed E-state index contributed by atoms with van der Waals surface area (Å²) in [5.41, 5.74) is -0.257. The predicted octanol–water partition coefficient (Wildman–Crippen LogP) is 4.07. The summed E-state index contributed by atoms with van der Waals surface area (Å²) in [7, 11) is 1.74. The highest BCUT2D eigenvalue weighted by Crippen LogP contribution is 2.21. The van der Waals surface area contributed by atoms with Crippen molar-refractivity contribution in [3.05, 3.63) is 11.6 Å². The Kier molecular flexibility index (Phi) is 13.6. The molecule has 0 aromatic heterocycles. The highest BCUT2D eigenvalue weighted by atomic mass is 16.5. The van der Waals surface area contributed by atoms with Gasteiger partial charge in [-0.25, -0.2) is 4.79 Å². The fourth-order valence-electron chi connectivity index (χ4n) is 4.04. The van der Waals surface area contributed by atoms with Gasteiger partial charge >= 0.3 is 5.97 Å². The lowest BCUT2D eigenvalue weighted by Crippen LogP contribution is -2.63. The first kappa shape index (κ1) is 31.1. The third-order valence-corrected chi connectivity index (χ3v) is 6.47. The molecule has 1 unspecified atom stereocenters. The lowest BCUT2D eigenvalue weighted by atomic mass is 9.88. The van der Waals surface area contributed by atoms with Crippen molar-refractivity contribution in [3.8, 4) is 0 Å². The largest absolute Gasteiger partial charge is 0.463 e. The molecule has 0 aliphatic heterocycles. The molecule has 33 heavy (non-hydrogen) atoms. The van der Waals surface area contributed by atoms with Crippen LogP contribution in [0.1, 0.15) is 88.5 Å². The minimum atomic E-state index is -0.726. The van der Waals surface area contributed by atoms with Gasteiger partial charge in [-0.2, -0.15) is 0 Å². The number of nitrogens with zero attached hydrogens (tertiary/aromatic N) is 1. The zero-order chi connectivity index (χ0) is 25.9. The minimum Gasteiger partial charge on any atom is -0.463 e. The van der Waals surface area contributed by atoms with Gasteiger partial charge in [-0.15, -0.1) is 0 Å². The third-order valence-electron chi connectivity index (χ3n) is 6.47. The second-order valence-electron chi connectivity index (χ2n) is 9.68. The number of likely N-dealkylation sites (N-methyl/N-ethyl adjacent to an activating group) is 1. The summed E-state index contributed by atoms with van der Waals surface area (Å²) in [6.07, 6.45) is 3.79. The van der Waals surface area contributed by atoms with Crippen LogP contribution in [0, 0.1) is 11.8 Å². The monoisotopic (exact) mass is 467 g/mol. The first-order chi connectivity index (χ1) is 15.3. The van der Waals surface area contributed by atoms with E-state index in [-0.39, 0.29) is 41.7 Å². The van der Waals surface area contributed by atoms with Gasteiger partial charge in [-0.3, -0.25) is 9.59 Å². The molecule has 7 heteroatoms. The molecule has 3 atom stereocenters. The maximum atomic E-state index is 13.7. The molecule has 0 aliphatic rings. The van der Waals surface area contributed by atoms with Gasteiger partial charge in [-0.05, 0) is 52.4 Å². The smallest absolute Gasteiger partial charge is 0.333 e. The molecule has 0 saturated heterocycles. The highest BCUT2D eigenvalue weighted by Gasteiger charge is 2.39. The van der Waals surface area contributed by atoms with Crippen molar-refractivity contribution < 1.29 is 19.1 Å². The van der Waals surface area contributed by atoms with Crippen LogP contribution >= 0.6 is 0 Å². The fourth-order valence-corrected chi connectivity index (χ4v) is 4.04. The van der Waals surface area contributed by atoms with E-state index in [0.29, 0.717) is 25.0 Å². The van der Waals surface area contributed by atoms with E-state index in [9.17, 15) is 14.4 Å². The van der Waals surface area contributed by atoms with Gasteiger partial charge < -0.3 is 20.3 Å². The Morgan fingerprint density at radius 1 is 1.00 bits per heavy atom. The number of hydrogen-bond acceptors (Lipinski definition) is 5. The Hall–Kier alpha value is -1.89. The summed E-state index contributed by atoms with van der Waals surface area (Å²) in [4.78, 5) is 40.9. The zero-order valence-corrected chi connectivity index (χ0v) is 22.9. The lowest BCUT2D eigenvalue weighted by molar-refractivity contribution is -0.140. The number of carbonyl (C=O) groups excluding carboxylic acids is 3. The average molecular weight is 468 g/mol. The van der Waals surface area contributed by atoms with Crippen LogP contribution in [0.4, 0.5) is 0 Å². The molecule has 192 valence electrons. The summed E-state index contributed by atoms with van der Waals surface area (Å²) < 4.78 is 5.10. The summed E-state index contributed by atoms with van der Waals surface area (Å²) in [6, 6.07) is -0.824. The first-order valence-electron chi connectivity index (χ1n) is 12.5. The van der Waals surface area contributed by atoms with Crippen molar-refractivity contribution in [3.63, 3.8) is 0 Å². The summed E-state index contributed by atoms with van der Waals surface area (Å²) in [5, 5.41) is 6.50. The molecule has 0 radical (unpaired) electrons. The van der Waals surface area contributed by atoms with Crippen molar-refractivity contribution in [2.24, 2.45) is 11.8 Å². The highest BCUT2D eigenvalue weighted by molar-refractivity contribution is 5.92. The number of esters is 1. The minimum absolute atomic E-state index is 0.0442. The molecule has 2 amide bonds. The zero-order valence-electron chi connectivity index (χ0n) is 22.9. The van der Waals surface area contributed by atoms with E-state index in [1.54, 1.807) is 31.9 Å². The van der Waals surface area contributed by atoms with Crippen molar-refractivity contribution in [1.29, 1.82) is 0 Å². The standard InChI is InChI=1S/C26H49N3O4/c1-12-19(9)22(27-25(32)26(13-2,14-3)28-18(7)8)23(30)29(11)21(17(5)6)16-20(10)24(31)33-15-4/h16-19,21-22,28H,12-15H2,1-11H3,(H,27,32)/t19-,21+,22?/m0/s1. The van der Waals surface area contributed by atoms with Crippen LogP contribution in [-0.2, 0) is 19.1 Å². The third kappa shape index (κ3) is 8.76. The van der Waals surface area contributed by atoms with Crippen LogP contribution in [-0.4, -0.2) is 60.0 Å². The van der Waals surface area contributed by atoms with Crippen molar-refractivity contribution in [1.82, 2.24) is 15.5 Å². The molecule has 0 saturated carbocycles. The Labute approximate surface area is 202 Å². The number of amides is 2. The molecule has 0 spiro atoms. The van der Waals surface area contributed by atoms with Crippen LogP contribution < -0.4 is 10.6 Å². The normalized spacial score (nSPS) is 15.2. The summed E-state index contributed by atoms with van der Waals surface area (Å²) in [6.45, 7) is 19.8. The van der Waals surface area contributed by atoms with E-state index in [1.165, 1.54) is 0 Å². The van der Waals surface area contributed by atoms with Gasteiger partial charge in [0.25, 0.3) is 0 Å². The van der Waals surface area contributed by atoms with Crippen LogP contribution in [0.5, 0.6) is 0 Å². The molecule has 0 aromatic rings. The number of rotatable bonds is 14. The van der Waals surface area contributed by atoms with E-state index in [1.807, 2.05) is 55.4 Å². The van der Waals surface area contributed by atoms with Crippen molar-refractivity contribution >= 4 is 17.8 Å². The van der Waals surface area contributed by atoms with Crippen LogP contribution in [0.15, 0.2) is 11.6 Å². The Balaban J connectivity index is 6.00. The molecule has 7 nitrogen and oxygen atoms in total. The second-order valence-corrected chi connectivity index (χ2v) is 9.68. The van der Waals surface area contributed by atoms with E-state index < -0.39 is 11.6 Å². The molecular formula is C26H49N3O4. The fraction of sp³-hybridized carbons (Fsp3) is 0.808. The molecule has 0 rings (SSSR count). The maximum absolute atomic E-state index is 13.7. The topological polar surface area (TPSA) is 87.7 Å². The number of hydrogen-bond donors (Lipinski definition) is 2. The van der Waals surface area contributed by atoms with Gasteiger partial charge in [0.1, 0.15) is 6.04 Å². The Morgan fingerprint density at radius 2 is 1.55 bits per heavy atom. The molecular weight excluding hydrogens is 418 g/mol. The maximum Gasteiger partial charge on any atom is 0.333 e. The molecule has 2 N–H and O–H groups in total. The molecule has 0 heterocycles. The van der Waals surface area contributed by atoms with Gasteiger partial charge in [0.2, 0.25) is 11.8 Å². The van der Waals surface area contributed by atoms with Gasteiger partial charge in [0.05, 0.1) is 18.2 Å². The summed E-state index contributed by atoms with van der Waals surface area (Å²) in [5.74, 6) is -0.657. The number of ether oxygens (including phenoxy) is 1. The number of nitrogens with one attached hydrogen (secondary N) is 2. The van der Waals surface area contributed by atoms with Gasteiger partial charge in [0, 0.05) is 18.7 Å². The number of carbonyl (C=O) groups is 3. The molecule has 0 fully saturated rings. The first-order valence-corrected chi connectivity index (χ1v) is 12.5. The van der Waals surface area contributed by atoms with Gasteiger partial charge in [0.15, 0.2) is 0 Å². The predicted molar refractivity (Wildman–Crippen MR) is 135 cm³/mol. The second kappa shape index (κ2) is 14.4. The quantitative estimate of drug-likeness (QED) is 0.297. The van der Waals surface area contributed by atoms with Crippen LogP contribution in [0.25, 0.3) is 0 Å². The average Bonchev–Trinajstić information content (AvgIpc) is 2.77. The van der Waals surface area contributed by atoms with Crippen molar-refractivity contribution in [2.45, 2.75) is 112 Å². The molecule has 0 aromatic carbocycles.